The Balaban J connectivity index is 2.54. The van der Waals surface area contributed by atoms with Crippen molar-refractivity contribution in [2.45, 2.75) is 40.0 Å². The average Bonchev–Trinajstić information content (AvgIpc) is 2.28. The molecule has 16 heavy (non-hydrogen) atoms. The fourth-order valence-corrected chi connectivity index (χ4v) is 1.43. The van der Waals surface area contributed by atoms with E-state index in [-0.39, 0.29) is 0 Å². The Hall–Kier alpha value is -1.24. The summed E-state index contributed by atoms with van der Waals surface area (Å²) in [7, 11) is 0. The Morgan fingerprint density at radius 2 is 1.88 bits per heavy atom. The Morgan fingerprint density at radius 3 is 2.38 bits per heavy atom. The molecule has 0 fully saturated rings. The molecule has 88 valence electrons. The molecular weight excluding hydrogens is 196 g/mol. The van der Waals surface area contributed by atoms with E-state index in [1.54, 1.807) is 0 Å². The zero-order chi connectivity index (χ0) is 12.0. The number of allylic oxidation sites excluding steroid dienone is 1. The largest absolute Gasteiger partial charge is 0.490 e. The molecule has 1 nitrogen and oxygen atoms in total. The van der Waals surface area contributed by atoms with Crippen molar-refractivity contribution in [2.24, 2.45) is 0 Å². The van der Waals surface area contributed by atoms with Gasteiger partial charge in [-0.2, -0.15) is 0 Å². The van der Waals surface area contributed by atoms with Crippen LogP contribution in [0, 0.1) is 0 Å². The van der Waals surface area contributed by atoms with Gasteiger partial charge in [-0.25, -0.2) is 0 Å². The maximum atomic E-state index is 5.61. The second kappa shape index (κ2) is 6.37. The monoisotopic (exact) mass is 218 g/mol. The van der Waals surface area contributed by atoms with E-state index in [2.05, 4.69) is 58.0 Å². The average molecular weight is 218 g/mol. The van der Waals surface area contributed by atoms with Gasteiger partial charge in [-0.15, -0.1) is 0 Å². The van der Waals surface area contributed by atoms with Crippen molar-refractivity contribution in [3.8, 4) is 5.75 Å². The number of hydrogen-bond acceptors (Lipinski definition) is 1. The maximum absolute atomic E-state index is 5.61. The Labute approximate surface area is 99.1 Å². The zero-order valence-corrected chi connectivity index (χ0v) is 10.8. The summed E-state index contributed by atoms with van der Waals surface area (Å²) in [5.41, 5.74) is 2.67. The van der Waals surface area contributed by atoms with Gasteiger partial charge in [0.1, 0.15) is 12.4 Å². The molecule has 0 aliphatic heterocycles. The molecule has 0 radical (unpaired) electrons. The first-order chi connectivity index (χ1) is 7.63. The molecule has 1 heteroatoms. The van der Waals surface area contributed by atoms with E-state index in [9.17, 15) is 0 Å². The highest BCUT2D eigenvalue weighted by Crippen LogP contribution is 2.21. The molecule has 1 unspecified atom stereocenters. The van der Waals surface area contributed by atoms with E-state index < -0.39 is 0 Å². The minimum absolute atomic E-state index is 0.631. The van der Waals surface area contributed by atoms with Gasteiger partial charge in [0, 0.05) is 0 Å². The lowest BCUT2D eigenvalue weighted by Crippen LogP contribution is -1.95. The molecule has 0 saturated carbocycles. The summed E-state index contributed by atoms with van der Waals surface area (Å²) < 4.78 is 5.61. The van der Waals surface area contributed by atoms with Crippen molar-refractivity contribution >= 4 is 0 Å². The summed E-state index contributed by atoms with van der Waals surface area (Å²) in [5, 5.41) is 0. The van der Waals surface area contributed by atoms with Gasteiger partial charge < -0.3 is 4.74 Å². The summed E-state index contributed by atoms with van der Waals surface area (Å²) in [6, 6.07) is 8.43. The highest BCUT2D eigenvalue weighted by molar-refractivity contribution is 5.29. The molecular formula is C15H22O. The van der Waals surface area contributed by atoms with E-state index in [0.717, 1.165) is 5.75 Å². The first kappa shape index (κ1) is 12.8. The zero-order valence-electron chi connectivity index (χ0n) is 10.8. The third kappa shape index (κ3) is 4.09. The second-order valence-electron chi connectivity index (χ2n) is 4.47. The highest BCUT2D eigenvalue weighted by atomic mass is 16.5. The molecule has 0 heterocycles. The molecule has 1 rings (SSSR count). The van der Waals surface area contributed by atoms with Crippen LogP contribution in [0.2, 0.25) is 0 Å². The van der Waals surface area contributed by atoms with E-state index >= 15 is 0 Å². The van der Waals surface area contributed by atoms with Crippen molar-refractivity contribution in [1.82, 2.24) is 0 Å². The van der Waals surface area contributed by atoms with Crippen molar-refractivity contribution in [2.75, 3.05) is 6.61 Å². The van der Waals surface area contributed by atoms with Gasteiger partial charge in [-0.1, -0.05) is 31.6 Å². The predicted molar refractivity (Wildman–Crippen MR) is 70.1 cm³/mol. The molecule has 1 aromatic rings. The lowest BCUT2D eigenvalue weighted by atomic mass is 9.99. The van der Waals surface area contributed by atoms with Crippen LogP contribution in [-0.2, 0) is 0 Å². The van der Waals surface area contributed by atoms with E-state index in [1.165, 1.54) is 17.6 Å². The molecule has 0 aromatic heterocycles. The minimum atomic E-state index is 0.631. The van der Waals surface area contributed by atoms with Crippen LogP contribution in [0.5, 0.6) is 5.75 Å². The summed E-state index contributed by atoms with van der Waals surface area (Å²) in [6.07, 6.45) is 3.26. The molecule has 0 bridgehead atoms. The first-order valence-corrected chi connectivity index (χ1v) is 5.99. The van der Waals surface area contributed by atoms with Crippen molar-refractivity contribution in [3.63, 3.8) is 0 Å². The van der Waals surface area contributed by atoms with Crippen molar-refractivity contribution in [1.29, 1.82) is 0 Å². The smallest absolute Gasteiger partial charge is 0.119 e. The Kier molecular flexibility index (Phi) is 5.10. The van der Waals surface area contributed by atoms with E-state index in [4.69, 9.17) is 4.74 Å². The number of benzene rings is 1. The Bertz CT molecular complexity index is 331. The first-order valence-electron chi connectivity index (χ1n) is 5.99. The van der Waals surface area contributed by atoms with Gasteiger partial charge in [0.05, 0.1) is 0 Å². The van der Waals surface area contributed by atoms with Crippen molar-refractivity contribution < 1.29 is 4.74 Å². The van der Waals surface area contributed by atoms with Crippen LogP contribution >= 0.6 is 0 Å². The molecule has 0 aliphatic carbocycles. The highest BCUT2D eigenvalue weighted by Gasteiger charge is 2.02. The van der Waals surface area contributed by atoms with Gasteiger partial charge >= 0.3 is 0 Å². The molecule has 0 amide bonds. The lowest BCUT2D eigenvalue weighted by Gasteiger charge is -2.10. The molecule has 0 N–H and O–H groups in total. The molecule has 0 spiro atoms. The molecule has 0 saturated heterocycles. The van der Waals surface area contributed by atoms with Crippen LogP contribution in [0.3, 0.4) is 0 Å². The summed E-state index contributed by atoms with van der Waals surface area (Å²) in [6.45, 7) is 9.28. The normalized spacial score (nSPS) is 12.0. The third-order valence-electron chi connectivity index (χ3n) is 2.80. The Morgan fingerprint density at radius 1 is 1.25 bits per heavy atom. The standard InChI is InChI=1S/C15H22O/c1-5-13(4)14-6-8-15(9-7-14)16-11-10-12(2)3/h6-10,13H,5,11H2,1-4H3. The lowest BCUT2D eigenvalue weighted by molar-refractivity contribution is 0.362. The molecule has 0 aliphatic rings. The van der Waals surface area contributed by atoms with E-state index in [1.807, 2.05) is 0 Å². The van der Waals surface area contributed by atoms with E-state index in [0.29, 0.717) is 12.5 Å². The summed E-state index contributed by atoms with van der Waals surface area (Å²) in [4.78, 5) is 0. The van der Waals surface area contributed by atoms with Crippen LogP contribution in [0.25, 0.3) is 0 Å². The third-order valence-corrected chi connectivity index (χ3v) is 2.80. The second-order valence-corrected chi connectivity index (χ2v) is 4.47. The summed E-state index contributed by atoms with van der Waals surface area (Å²) >= 11 is 0. The van der Waals surface area contributed by atoms with Gasteiger partial charge in [0.15, 0.2) is 0 Å². The van der Waals surface area contributed by atoms with Gasteiger partial charge in [-0.3, -0.25) is 0 Å². The van der Waals surface area contributed by atoms with Crippen LogP contribution < -0.4 is 4.74 Å². The number of ether oxygens (including phenoxy) is 1. The molecule has 1 atom stereocenters. The summed E-state index contributed by atoms with van der Waals surface area (Å²) in [5.74, 6) is 1.58. The maximum Gasteiger partial charge on any atom is 0.119 e. The minimum Gasteiger partial charge on any atom is -0.490 e. The van der Waals surface area contributed by atoms with Crippen LogP contribution in [0.4, 0.5) is 0 Å². The predicted octanol–water partition coefficient (Wildman–Crippen LogP) is 4.55. The van der Waals surface area contributed by atoms with Crippen LogP contribution in [0.1, 0.15) is 45.6 Å². The fourth-order valence-electron chi connectivity index (χ4n) is 1.43. The number of rotatable bonds is 5. The van der Waals surface area contributed by atoms with Crippen molar-refractivity contribution in [3.05, 3.63) is 41.5 Å². The number of hydrogen-bond donors (Lipinski definition) is 0. The molecule has 1 aromatic carbocycles. The quantitative estimate of drug-likeness (QED) is 0.659. The van der Waals surface area contributed by atoms with Crippen LogP contribution in [-0.4, -0.2) is 6.61 Å². The van der Waals surface area contributed by atoms with Gasteiger partial charge in [0.2, 0.25) is 0 Å². The SMILES string of the molecule is CCC(C)c1ccc(OCC=C(C)C)cc1. The van der Waals surface area contributed by atoms with Crippen LogP contribution in [0.15, 0.2) is 35.9 Å². The van der Waals surface area contributed by atoms with Gasteiger partial charge in [0.25, 0.3) is 0 Å². The van der Waals surface area contributed by atoms with Gasteiger partial charge in [-0.05, 0) is 50.0 Å². The topological polar surface area (TPSA) is 9.23 Å². The fraction of sp³-hybridized carbons (Fsp3) is 0.467.